The summed E-state index contributed by atoms with van der Waals surface area (Å²) in [6, 6.07) is 7.53. The molecule has 2 saturated heterocycles. The van der Waals surface area contributed by atoms with Gasteiger partial charge in [-0.05, 0) is 30.5 Å². The number of likely N-dealkylation sites (tertiary alicyclic amines) is 2. The fraction of sp³-hybridized carbons (Fsp3) is 0.526. The number of rotatable bonds is 5. The Balaban J connectivity index is 1.55. The Morgan fingerprint density at radius 2 is 1.81 bits per heavy atom. The van der Waals surface area contributed by atoms with E-state index in [1.54, 1.807) is 16.9 Å². The number of aliphatic carboxylic acids is 1. The molecule has 2 aliphatic rings. The van der Waals surface area contributed by atoms with Crippen molar-refractivity contribution in [3.05, 3.63) is 29.8 Å². The molecule has 2 fully saturated rings. The highest BCUT2D eigenvalue weighted by molar-refractivity contribution is 5.89. The van der Waals surface area contributed by atoms with E-state index in [0.717, 1.165) is 11.3 Å². The number of methoxy groups -OCH3 is 1. The molecule has 0 saturated carbocycles. The first kappa shape index (κ1) is 18.2. The lowest BCUT2D eigenvalue weighted by Gasteiger charge is -2.31. The number of benzene rings is 1. The Bertz CT molecular complexity index is 680. The molecule has 2 amide bonds. The Kier molecular flexibility index (Phi) is 5.44. The second-order valence-corrected chi connectivity index (χ2v) is 6.96. The fourth-order valence-electron chi connectivity index (χ4n) is 3.65. The molecular formula is C19H24N2O5. The molecule has 0 aromatic heterocycles. The highest BCUT2D eigenvalue weighted by atomic mass is 16.5. The highest BCUT2D eigenvalue weighted by Gasteiger charge is 2.38. The molecule has 0 radical (unpaired) electrons. The predicted molar refractivity (Wildman–Crippen MR) is 93.5 cm³/mol. The van der Waals surface area contributed by atoms with Crippen LogP contribution < -0.4 is 4.74 Å². The summed E-state index contributed by atoms with van der Waals surface area (Å²) in [7, 11) is 1.61. The molecule has 7 nitrogen and oxygen atoms in total. The standard InChI is InChI=1S/C19H24N2O5/c1-26-16-4-2-13(3-5-16)11-21-12-15(10-17(21)22)18(23)20-8-6-14(7-9-20)19(24)25/h2-5,14-15H,6-12H2,1H3,(H,24,25). The molecule has 1 aromatic rings. The maximum atomic E-state index is 12.7. The molecular weight excluding hydrogens is 336 g/mol. The van der Waals surface area contributed by atoms with Crippen LogP contribution in [0.1, 0.15) is 24.8 Å². The Labute approximate surface area is 152 Å². The summed E-state index contributed by atoms with van der Waals surface area (Å²) in [6.07, 6.45) is 1.20. The number of carboxylic acid groups (broad SMARTS) is 1. The first-order valence-corrected chi connectivity index (χ1v) is 8.90. The van der Waals surface area contributed by atoms with Crippen LogP contribution in [0.2, 0.25) is 0 Å². The van der Waals surface area contributed by atoms with Crippen LogP contribution >= 0.6 is 0 Å². The van der Waals surface area contributed by atoms with Crippen LogP contribution in [-0.4, -0.2) is 59.4 Å². The summed E-state index contributed by atoms with van der Waals surface area (Å²) in [4.78, 5) is 39.4. The minimum Gasteiger partial charge on any atom is -0.497 e. The van der Waals surface area contributed by atoms with Gasteiger partial charge in [0.2, 0.25) is 11.8 Å². The molecule has 26 heavy (non-hydrogen) atoms. The summed E-state index contributed by atoms with van der Waals surface area (Å²) in [6.45, 7) is 1.81. The average Bonchev–Trinajstić information content (AvgIpc) is 3.02. The molecule has 1 N–H and O–H groups in total. The zero-order valence-electron chi connectivity index (χ0n) is 14.9. The Morgan fingerprint density at radius 1 is 1.15 bits per heavy atom. The fourth-order valence-corrected chi connectivity index (χ4v) is 3.65. The normalized spacial score (nSPS) is 21.1. The van der Waals surface area contributed by atoms with Crippen LogP contribution in [0.3, 0.4) is 0 Å². The first-order chi connectivity index (χ1) is 12.5. The third kappa shape index (κ3) is 3.98. The van der Waals surface area contributed by atoms with Crippen LogP contribution in [-0.2, 0) is 20.9 Å². The number of amides is 2. The van der Waals surface area contributed by atoms with E-state index in [0.29, 0.717) is 39.0 Å². The van der Waals surface area contributed by atoms with Gasteiger partial charge in [0, 0.05) is 32.6 Å². The first-order valence-electron chi connectivity index (χ1n) is 8.90. The van der Waals surface area contributed by atoms with Gasteiger partial charge in [-0.15, -0.1) is 0 Å². The second-order valence-electron chi connectivity index (χ2n) is 6.96. The number of ether oxygens (including phenoxy) is 1. The van der Waals surface area contributed by atoms with E-state index in [9.17, 15) is 14.4 Å². The zero-order valence-corrected chi connectivity index (χ0v) is 14.9. The van der Waals surface area contributed by atoms with Gasteiger partial charge in [0.25, 0.3) is 0 Å². The average molecular weight is 360 g/mol. The number of carbonyl (C=O) groups excluding carboxylic acids is 2. The predicted octanol–water partition coefficient (Wildman–Crippen LogP) is 1.37. The maximum Gasteiger partial charge on any atom is 0.306 e. The smallest absolute Gasteiger partial charge is 0.306 e. The van der Waals surface area contributed by atoms with E-state index in [4.69, 9.17) is 9.84 Å². The van der Waals surface area contributed by atoms with Gasteiger partial charge in [0.05, 0.1) is 18.9 Å². The summed E-state index contributed by atoms with van der Waals surface area (Å²) in [5.74, 6) is -0.768. The lowest BCUT2D eigenvalue weighted by atomic mass is 9.95. The molecule has 1 aromatic carbocycles. The molecule has 2 heterocycles. The molecule has 7 heteroatoms. The highest BCUT2D eigenvalue weighted by Crippen LogP contribution is 2.25. The van der Waals surface area contributed by atoms with Gasteiger partial charge in [-0.1, -0.05) is 12.1 Å². The molecule has 3 rings (SSSR count). The van der Waals surface area contributed by atoms with Gasteiger partial charge in [-0.3, -0.25) is 14.4 Å². The van der Waals surface area contributed by atoms with Crippen molar-refractivity contribution in [1.82, 2.24) is 9.80 Å². The zero-order chi connectivity index (χ0) is 18.7. The van der Waals surface area contributed by atoms with Crippen molar-refractivity contribution in [2.75, 3.05) is 26.7 Å². The summed E-state index contributed by atoms with van der Waals surface area (Å²) in [5, 5.41) is 9.05. The Morgan fingerprint density at radius 3 is 2.38 bits per heavy atom. The minimum atomic E-state index is -0.793. The van der Waals surface area contributed by atoms with Crippen LogP contribution in [0.25, 0.3) is 0 Å². The molecule has 0 spiro atoms. The lowest BCUT2D eigenvalue weighted by Crippen LogP contribution is -2.43. The van der Waals surface area contributed by atoms with Crippen molar-refractivity contribution >= 4 is 17.8 Å². The molecule has 1 unspecified atom stereocenters. The third-order valence-electron chi connectivity index (χ3n) is 5.25. The van der Waals surface area contributed by atoms with E-state index >= 15 is 0 Å². The van der Waals surface area contributed by atoms with Crippen molar-refractivity contribution in [3.63, 3.8) is 0 Å². The minimum absolute atomic E-state index is 0.0143. The van der Waals surface area contributed by atoms with Crippen LogP contribution in [0.15, 0.2) is 24.3 Å². The number of carbonyl (C=O) groups is 3. The number of hydrogen-bond donors (Lipinski definition) is 1. The van der Waals surface area contributed by atoms with Crippen molar-refractivity contribution in [1.29, 1.82) is 0 Å². The third-order valence-corrected chi connectivity index (χ3v) is 5.25. The van der Waals surface area contributed by atoms with Crippen molar-refractivity contribution in [3.8, 4) is 5.75 Å². The number of hydrogen-bond acceptors (Lipinski definition) is 4. The van der Waals surface area contributed by atoms with Crippen LogP contribution in [0, 0.1) is 11.8 Å². The monoisotopic (exact) mass is 360 g/mol. The number of carboxylic acids is 1. The number of nitrogens with zero attached hydrogens (tertiary/aromatic N) is 2. The van der Waals surface area contributed by atoms with Gasteiger partial charge >= 0.3 is 5.97 Å². The molecule has 0 aliphatic carbocycles. The summed E-state index contributed by atoms with van der Waals surface area (Å²) in [5.41, 5.74) is 0.995. The Hall–Kier alpha value is -2.57. The van der Waals surface area contributed by atoms with Crippen molar-refractivity contribution in [2.45, 2.75) is 25.8 Å². The van der Waals surface area contributed by atoms with E-state index < -0.39 is 5.97 Å². The summed E-state index contributed by atoms with van der Waals surface area (Å²) < 4.78 is 5.13. The van der Waals surface area contributed by atoms with Gasteiger partial charge in [-0.2, -0.15) is 0 Å². The molecule has 0 bridgehead atoms. The van der Waals surface area contributed by atoms with E-state index in [-0.39, 0.29) is 30.1 Å². The molecule has 1 atom stereocenters. The maximum absolute atomic E-state index is 12.7. The largest absolute Gasteiger partial charge is 0.497 e. The molecule has 140 valence electrons. The van der Waals surface area contributed by atoms with Gasteiger partial charge in [0.15, 0.2) is 0 Å². The quantitative estimate of drug-likeness (QED) is 0.857. The van der Waals surface area contributed by atoms with E-state index in [1.807, 2.05) is 24.3 Å². The summed E-state index contributed by atoms with van der Waals surface area (Å²) >= 11 is 0. The second kappa shape index (κ2) is 7.76. The van der Waals surface area contributed by atoms with Crippen molar-refractivity contribution < 1.29 is 24.2 Å². The topological polar surface area (TPSA) is 87.2 Å². The van der Waals surface area contributed by atoms with E-state index in [1.165, 1.54) is 0 Å². The van der Waals surface area contributed by atoms with Gasteiger partial charge < -0.3 is 19.6 Å². The SMILES string of the molecule is COc1ccc(CN2CC(C(=O)N3CCC(C(=O)O)CC3)CC2=O)cc1. The van der Waals surface area contributed by atoms with Crippen LogP contribution in [0.5, 0.6) is 5.75 Å². The number of piperidine rings is 1. The lowest BCUT2D eigenvalue weighted by molar-refractivity contribution is -0.146. The van der Waals surface area contributed by atoms with Gasteiger partial charge in [0.1, 0.15) is 5.75 Å². The van der Waals surface area contributed by atoms with Crippen molar-refractivity contribution in [2.24, 2.45) is 11.8 Å². The van der Waals surface area contributed by atoms with Crippen LogP contribution in [0.4, 0.5) is 0 Å². The van der Waals surface area contributed by atoms with Gasteiger partial charge in [-0.25, -0.2) is 0 Å². The van der Waals surface area contributed by atoms with E-state index in [2.05, 4.69) is 0 Å². The molecule has 2 aliphatic heterocycles.